The lowest BCUT2D eigenvalue weighted by atomic mass is 9.96. The number of H-pyrrole nitrogens is 1. The zero-order chi connectivity index (χ0) is 21.2. The number of amides is 2. The lowest BCUT2D eigenvalue weighted by molar-refractivity contribution is 0.0240. The maximum absolute atomic E-state index is 13.4. The molecule has 4 heterocycles. The first kappa shape index (κ1) is 18.6. The van der Waals surface area contributed by atoms with E-state index in [1.807, 2.05) is 35.2 Å². The number of para-hydroxylation sites is 1. The molecule has 2 fully saturated rings. The van der Waals surface area contributed by atoms with Crippen LogP contribution in [0.4, 0.5) is 0 Å². The van der Waals surface area contributed by atoms with Crippen LogP contribution in [0.2, 0.25) is 0 Å². The maximum Gasteiger partial charge on any atom is 0.276 e. The summed E-state index contributed by atoms with van der Waals surface area (Å²) < 4.78 is 5.50. The summed E-state index contributed by atoms with van der Waals surface area (Å²) in [5, 5.41) is 15.1. The van der Waals surface area contributed by atoms with E-state index in [9.17, 15) is 14.7 Å². The number of hydrogen-bond acceptors (Lipinski definition) is 5. The van der Waals surface area contributed by atoms with Crippen LogP contribution in [0.25, 0.3) is 10.9 Å². The summed E-state index contributed by atoms with van der Waals surface area (Å²) in [7, 11) is 0. The maximum atomic E-state index is 13.4. The normalized spacial score (nSPS) is 22.0. The van der Waals surface area contributed by atoms with Crippen molar-refractivity contribution in [3.8, 4) is 0 Å². The number of nitrogens with zero attached hydrogens (tertiary/aromatic N) is 3. The van der Waals surface area contributed by atoms with E-state index in [1.54, 1.807) is 4.90 Å². The first-order chi connectivity index (χ1) is 15.0. The summed E-state index contributed by atoms with van der Waals surface area (Å²) in [6.07, 6.45) is 3.23. The number of likely N-dealkylation sites (tertiary alicyclic amines) is 1. The third-order valence-electron chi connectivity index (χ3n) is 7.02. The van der Waals surface area contributed by atoms with E-state index in [0.29, 0.717) is 61.6 Å². The van der Waals surface area contributed by atoms with Crippen molar-refractivity contribution in [3.05, 3.63) is 53.0 Å². The van der Waals surface area contributed by atoms with Crippen LogP contribution in [0.1, 0.15) is 58.0 Å². The van der Waals surface area contributed by atoms with E-state index in [4.69, 9.17) is 4.52 Å². The number of piperidine rings is 1. The van der Waals surface area contributed by atoms with Gasteiger partial charge < -0.3 is 24.4 Å². The molecule has 3 aromatic rings. The number of aliphatic hydroxyl groups excluding tert-OH is 1. The van der Waals surface area contributed by atoms with Gasteiger partial charge in [-0.25, -0.2) is 0 Å². The Hall–Kier alpha value is -3.13. The molecule has 2 N–H and O–H groups in total. The zero-order valence-corrected chi connectivity index (χ0v) is 17.1. The van der Waals surface area contributed by atoms with Gasteiger partial charge in [-0.3, -0.25) is 9.59 Å². The quantitative estimate of drug-likeness (QED) is 0.663. The van der Waals surface area contributed by atoms with Gasteiger partial charge in [0.2, 0.25) is 0 Å². The fraction of sp³-hybridized carbons (Fsp3) is 0.435. The Morgan fingerprint density at radius 2 is 2.03 bits per heavy atom. The molecule has 0 bridgehead atoms. The van der Waals surface area contributed by atoms with Gasteiger partial charge in [0.05, 0.1) is 12.6 Å². The Morgan fingerprint density at radius 1 is 1.19 bits per heavy atom. The van der Waals surface area contributed by atoms with E-state index in [1.165, 1.54) is 0 Å². The number of carbonyl (C=O) groups is 2. The van der Waals surface area contributed by atoms with Gasteiger partial charge in [0.25, 0.3) is 11.8 Å². The Kier molecular flexibility index (Phi) is 4.02. The fourth-order valence-electron chi connectivity index (χ4n) is 5.14. The molecule has 2 aliphatic heterocycles. The molecule has 1 aromatic carbocycles. The number of benzene rings is 1. The van der Waals surface area contributed by atoms with Gasteiger partial charge in [0.15, 0.2) is 5.69 Å². The summed E-state index contributed by atoms with van der Waals surface area (Å²) in [6.45, 7) is 1.35. The van der Waals surface area contributed by atoms with Gasteiger partial charge in [-0.05, 0) is 37.8 Å². The first-order valence-electron chi connectivity index (χ1n) is 10.9. The van der Waals surface area contributed by atoms with Crippen molar-refractivity contribution in [1.29, 1.82) is 0 Å². The minimum absolute atomic E-state index is 0.0961. The summed E-state index contributed by atoms with van der Waals surface area (Å²) in [4.78, 5) is 33.3. The molecular formula is C23H24N4O4. The molecule has 31 heavy (non-hydrogen) atoms. The van der Waals surface area contributed by atoms with Crippen LogP contribution in [0, 0.1) is 0 Å². The van der Waals surface area contributed by atoms with Crippen molar-refractivity contribution in [1.82, 2.24) is 19.9 Å². The average Bonchev–Trinajstić information content (AvgIpc) is 3.23. The lowest BCUT2D eigenvalue weighted by Gasteiger charge is -2.38. The summed E-state index contributed by atoms with van der Waals surface area (Å²) in [6, 6.07) is 9.65. The molecule has 1 atom stereocenters. The van der Waals surface area contributed by atoms with E-state index in [2.05, 4.69) is 10.1 Å². The third-order valence-corrected chi connectivity index (χ3v) is 7.02. The monoisotopic (exact) mass is 420 g/mol. The lowest BCUT2D eigenvalue weighted by Crippen LogP contribution is -2.49. The number of nitrogens with one attached hydrogen (secondary N) is 1. The van der Waals surface area contributed by atoms with Crippen LogP contribution in [0.3, 0.4) is 0 Å². The van der Waals surface area contributed by atoms with Crippen LogP contribution >= 0.6 is 0 Å². The van der Waals surface area contributed by atoms with E-state index < -0.39 is 0 Å². The van der Waals surface area contributed by atoms with E-state index >= 15 is 0 Å². The van der Waals surface area contributed by atoms with Crippen LogP contribution in [-0.2, 0) is 13.0 Å². The molecule has 8 nitrogen and oxygen atoms in total. The second-order valence-electron chi connectivity index (χ2n) is 9.01. The second-order valence-corrected chi connectivity index (χ2v) is 9.01. The topological polar surface area (TPSA) is 103 Å². The molecule has 1 saturated carbocycles. The SMILES string of the molecule is O=C(c1cc2ccccc2[nH]1)N1CCc2onc(C(=O)N3CCC(O)CC34CC4)c2C1. The predicted octanol–water partition coefficient (Wildman–Crippen LogP) is 2.48. The number of rotatable bonds is 2. The summed E-state index contributed by atoms with van der Waals surface area (Å²) >= 11 is 0. The Balaban J connectivity index is 1.26. The second kappa shape index (κ2) is 6.68. The van der Waals surface area contributed by atoms with Gasteiger partial charge in [0.1, 0.15) is 11.5 Å². The molecular weight excluding hydrogens is 396 g/mol. The van der Waals surface area contributed by atoms with Crippen LogP contribution in [0.15, 0.2) is 34.9 Å². The molecule has 0 radical (unpaired) electrons. The number of aromatic nitrogens is 2. The zero-order valence-electron chi connectivity index (χ0n) is 17.1. The highest BCUT2D eigenvalue weighted by molar-refractivity contribution is 5.99. The molecule has 8 heteroatoms. The van der Waals surface area contributed by atoms with Gasteiger partial charge in [0, 0.05) is 41.5 Å². The predicted molar refractivity (Wildman–Crippen MR) is 111 cm³/mol. The summed E-state index contributed by atoms with van der Waals surface area (Å²) in [5.41, 5.74) is 2.26. The number of fused-ring (bicyclic) bond motifs is 2. The minimum Gasteiger partial charge on any atom is -0.393 e. The highest BCUT2D eigenvalue weighted by Gasteiger charge is 2.54. The summed E-state index contributed by atoms with van der Waals surface area (Å²) in [5.74, 6) is 0.446. The van der Waals surface area contributed by atoms with Crippen molar-refractivity contribution in [2.24, 2.45) is 0 Å². The van der Waals surface area contributed by atoms with Crippen LogP contribution in [0.5, 0.6) is 0 Å². The highest BCUT2D eigenvalue weighted by atomic mass is 16.5. The van der Waals surface area contributed by atoms with E-state index in [0.717, 1.165) is 23.7 Å². The number of hydrogen-bond donors (Lipinski definition) is 2. The van der Waals surface area contributed by atoms with Crippen molar-refractivity contribution in [2.75, 3.05) is 13.1 Å². The number of carbonyl (C=O) groups excluding carboxylic acids is 2. The molecule has 1 unspecified atom stereocenters. The van der Waals surface area contributed by atoms with Crippen molar-refractivity contribution < 1.29 is 19.2 Å². The van der Waals surface area contributed by atoms with Crippen molar-refractivity contribution >= 4 is 22.7 Å². The molecule has 2 aromatic heterocycles. The Bertz CT molecular complexity index is 1160. The number of aromatic amines is 1. The Labute approximate surface area is 178 Å². The fourth-order valence-corrected chi connectivity index (χ4v) is 5.14. The van der Waals surface area contributed by atoms with E-state index in [-0.39, 0.29) is 23.5 Å². The molecule has 2 amide bonds. The molecule has 1 spiro atoms. The first-order valence-corrected chi connectivity index (χ1v) is 10.9. The van der Waals surface area contributed by atoms with Gasteiger partial charge in [-0.15, -0.1) is 0 Å². The average molecular weight is 420 g/mol. The van der Waals surface area contributed by atoms with Gasteiger partial charge >= 0.3 is 0 Å². The standard InChI is InChI=1S/C23H24N4O4/c28-15-5-10-27(23(12-15)7-8-23)22(30)20-16-13-26(9-6-19(16)31-25-20)21(29)18-11-14-3-1-2-4-17(14)24-18/h1-4,11,15,24,28H,5-10,12-13H2. The van der Waals surface area contributed by atoms with Crippen molar-refractivity contribution in [2.45, 2.75) is 50.3 Å². The van der Waals surface area contributed by atoms with Crippen LogP contribution in [-0.4, -0.2) is 61.6 Å². The van der Waals surface area contributed by atoms with Gasteiger partial charge in [-0.1, -0.05) is 23.4 Å². The largest absolute Gasteiger partial charge is 0.393 e. The highest BCUT2D eigenvalue weighted by Crippen LogP contribution is 2.49. The Morgan fingerprint density at radius 3 is 2.84 bits per heavy atom. The minimum atomic E-state index is -0.345. The third kappa shape index (κ3) is 2.96. The molecule has 3 aliphatic rings. The van der Waals surface area contributed by atoms with Crippen LogP contribution < -0.4 is 0 Å². The molecule has 1 saturated heterocycles. The number of aliphatic hydroxyl groups is 1. The van der Waals surface area contributed by atoms with Crippen molar-refractivity contribution in [3.63, 3.8) is 0 Å². The molecule has 1 aliphatic carbocycles. The molecule has 6 rings (SSSR count). The van der Waals surface area contributed by atoms with Gasteiger partial charge in [-0.2, -0.15) is 0 Å². The smallest absolute Gasteiger partial charge is 0.276 e. The molecule has 160 valence electrons.